The minimum absolute atomic E-state index is 0.0543. The van der Waals surface area contributed by atoms with Crippen molar-refractivity contribution in [2.45, 2.75) is 12.3 Å². The minimum Gasteiger partial charge on any atom is -0.399 e. The van der Waals surface area contributed by atoms with Gasteiger partial charge in [-0.3, -0.25) is 0 Å². The van der Waals surface area contributed by atoms with Crippen molar-refractivity contribution in [1.29, 1.82) is 0 Å². The summed E-state index contributed by atoms with van der Waals surface area (Å²) in [5, 5.41) is 0. The quantitative estimate of drug-likeness (QED) is 0.810. The average Bonchev–Trinajstić information content (AvgIpc) is 2.39. The van der Waals surface area contributed by atoms with Crippen molar-refractivity contribution >= 4 is 31.6 Å². The largest absolute Gasteiger partial charge is 0.399 e. The molecular formula is C14H15BrN2O2S. The van der Waals surface area contributed by atoms with Gasteiger partial charge in [-0.05, 0) is 35.4 Å². The zero-order valence-electron chi connectivity index (χ0n) is 10.7. The van der Waals surface area contributed by atoms with Gasteiger partial charge in [0.05, 0.1) is 5.75 Å². The van der Waals surface area contributed by atoms with Gasteiger partial charge < -0.3 is 5.73 Å². The fourth-order valence-corrected chi connectivity index (χ4v) is 3.29. The number of anilines is 1. The molecule has 0 aromatic heterocycles. The van der Waals surface area contributed by atoms with Crippen LogP contribution >= 0.6 is 15.9 Å². The highest BCUT2D eigenvalue weighted by molar-refractivity contribution is 9.10. The van der Waals surface area contributed by atoms with Crippen molar-refractivity contribution in [1.82, 2.24) is 4.72 Å². The summed E-state index contributed by atoms with van der Waals surface area (Å²) >= 11 is 3.35. The molecule has 3 N–H and O–H groups in total. The van der Waals surface area contributed by atoms with Gasteiger partial charge in [-0.1, -0.05) is 40.2 Å². The number of hydrogen-bond donors (Lipinski definition) is 2. The maximum Gasteiger partial charge on any atom is 0.216 e. The summed E-state index contributed by atoms with van der Waals surface area (Å²) < 4.78 is 27.5. The fourth-order valence-electron chi connectivity index (χ4n) is 1.72. The molecule has 0 unspecified atom stereocenters. The Hall–Kier alpha value is -1.37. The Labute approximate surface area is 127 Å². The van der Waals surface area contributed by atoms with Crippen molar-refractivity contribution in [3.05, 3.63) is 64.1 Å². The highest BCUT2D eigenvalue weighted by Gasteiger charge is 2.11. The molecule has 0 radical (unpaired) electrons. The van der Waals surface area contributed by atoms with Crippen LogP contribution in [0, 0.1) is 0 Å². The van der Waals surface area contributed by atoms with E-state index in [0.717, 1.165) is 10.0 Å². The summed E-state index contributed by atoms with van der Waals surface area (Å²) in [6.45, 7) is 0.275. The summed E-state index contributed by atoms with van der Waals surface area (Å²) in [5.41, 5.74) is 7.80. The molecule has 0 atom stereocenters. The average molecular weight is 355 g/mol. The lowest BCUT2D eigenvalue weighted by atomic mass is 10.2. The molecule has 4 nitrogen and oxygen atoms in total. The number of nitrogens with one attached hydrogen (secondary N) is 1. The van der Waals surface area contributed by atoms with E-state index in [0.29, 0.717) is 11.3 Å². The molecule has 20 heavy (non-hydrogen) atoms. The Bertz CT molecular complexity index is 685. The second kappa shape index (κ2) is 6.39. The Morgan fingerprint density at radius 1 is 1.05 bits per heavy atom. The molecule has 0 saturated carbocycles. The molecule has 0 fully saturated rings. The van der Waals surface area contributed by atoms with Crippen molar-refractivity contribution in [3.63, 3.8) is 0 Å². The van der Waals surface area contributed by atoms with E-state index < -0.39 is 10.0 Å². The van der Waals surface area contributed by atoms with E-state index in [1.807, 2.05) is 24.3 Å². The van der Waals surface area contributed by atoms with Crippen LogP contribution in [-0.4, -0.2) is 8.42 Å². The zero-order chi connectivity index (χ0) is 14.6. The Kier molecular flexibility index (Phi) is 4.80. The maximum atomic E-state index is 12.0. The lowest BCUT2D eigenvalue weighted by molar-refractivity contribution is 0.580. The van der Waals surface area contributed by atoms with Crippen molar-refractivity contribution < 1.29 is 8.42 Å². The van der Waals surface area contributed by atoms with Crippen molar-refractivity contribution in [2.24, 2.45) is 0 Å². The van der Waals surface area contributed by atoms with Gasteiger partial charge in [0.2, 0.25) is 10.0 Å². The Morgan fingerprint density at radius 3 is 2.40 bits per heavy atom. The molecular weight excluding hydrogens is 340 g/mol. The molecule has 0 aliphatic rings. The first-order chi connectivity index (χ1) is 9.44. The molecule has 2 aromatic rings. The lowest BCUT2D eigenvalue weighted by Gasteiger charge is -2.07. The molecule has 0 aliphatic carbocycles. The summed E-state index contributed by atoms with van der Waals surface area (Å²) in [6, 6.07) is 14.3. The minimum atomic E-state index is -3.36. The smallest absolute Gasteiger partial charge is 0.216 e. The lowest BCUT2D eigenvalue weighted by Crippen LogP contribution is -2.24. The Morgan fingerprint density at radius 2 is 1.75 bits per heavy atom. The number of benzene rings is 2. The van der Waals surface area contributed by atoms with E-state index in [9.17, 15) is 8.42 Å². The molecule has 0 spiro atoms. The van der Waals surface area contributed by atoms with Crippen LogP contribution in [0.5, 0.6) is 0 Å². The van der Waals surface area contributed by atoms with Crippen LogP contribution in [0.1, 0.15) is 11.1 Å². The topological polar surface area (TPSA) is 72.2 Å². The number of nitrogen functional groups attached to an aromatic ring is 1. The predicted octanol–water partition coefficient (Wildman–Crippen LogP) is 2.65. The van der Waals surface area contributed by atoms with E-state index in [4.69, 9.17) is 5.73 Å². The van der Waals surface area contributed by atoms with Gasteiger partial charge in [-0.25, -0.2) is 13.1 Å². The second-order valence-corrected chi connectivity index (χ2v) is 7.17. The van der Waals surface area contributed by atoms with E-state index in [-0.39, 0.29) is 12.3 Å². The van der Waals surface area contributed by atoms with Crippen LogP contribution in [0.2, 0.25) is 0 Å². The van der Waals surface area contributed by atoms with E-state index >= 15 is 0 Å². The number of rotatable bonds is 5. The Balaban J connectivity index is 1.99. The molecule has 0 saturated heterocycles. The third-order valence-corrected chi connectivity index (χ3v) is 4.51. The highest BCUT2D eigenvalue weighted by atomic mass is 79.9. The molecule has 0 amide bonds. The van der Waals surface area contributed by atoms with Crippen LogP contribution in [0.25, 0.3) is 0 Å². The van der Waals surface area contributed by atoms with Gasteiger partial charge >= 0.3 is 0 Å². The van der Waals surface area contributed by atoms with Gasteiger partial charge in [0.15, 0.2) is 0 Å². The van der Waals surface area contributed by atoms with Crippen LogP contribution in [0.4, 0.5) is 5.69 Å². The van der Waals surface area contributed by atoms with E-state index in [2.05, 4.69) is 20.7 Å². The first-order valence-electron chi connectivity index (χ1n) is 6.01. The number of sulfonamides is 1. The molecule has 0 bridgehead atoms. The maximum absolute atomic E-state index is 12.0. The van der Waals surface area contributed by atoms with Crippen LogP contribution in [-0.2, 0) is 22.3 Å². The second-order valence-electron chi connectivity index (χ2n) is 4.45. The predicted molar refractivity (Wildman–Crippen MR) is 84.5 cm³/mol. The van der Waals surface area contributed by atoms with Crippen LogP contribution in [0.15, 0.2) is 53.0 Å². The van der Waals surface area contributed by atoms with Gasteiger partial charge in [0, 0.05) is 16.7 Å². The number of nitrogens with two attached hydrogens (primary N) is 1. The van der Waals surface area contributed by atoms with E-state index in [1.165, 1.54) is 0 Å². The first-order valence-corrected chi connectivity index (χ1v) is 8.45. The first kappa shape index (κ1) is 15.0. The van der Waals surface area contributed by atoms with Gasteiger partial charge in [-0.2, -0.15) is 0 Å². The van der Waals surface area contributed by atoms with Crippen LogP contribution < -0.4 is 10.5 Å². The third-order valence-electron chi connectivity index (χ3n) is 2.72. The fraction of sp³-hybridized carbons (Fsp3) is 0.143. The number of halogens is 1. The summed E-state index contributed by atoms with van der Waals surface area (Å²) in [5.74, 6) is -0.0543. The summed E-state index contributed by atoms with van der Waals surface area (Å²) in [4.78, 5) is 0. The summed E-state index contributed by atoms with van der Waals surface area (Å²) in [7, 11) is -3.36. The van der Waals surface area contributed by atoms with Gasteiger partial charge in [0.1, 0.15) is 0 Å². The third kappa shape index (κ3) is 4.63. The zero-order valence-corrected chi connectivity index (χ0v) is 13.1. The molecule has 6 heteroatoms. The molecule has 0 heterocycles. The molecule has 106 valence electrons. The van der Waals surface area contributed by atoms with Crippen molar-refractivity contribution in [2.75, 3.05) is 5.73 Å². The van der Waals surface area contributed by atoms with Gasteiger partial charge in [0.25, 0.3) is 0 Å². The van der Waals surface area contributed by atoms with Gasteiger partial charge in [-0.15, -0.1) is 0 Å². The number of hydrogen-bond acceptors (Lipinski definition) is 3. The SMILES string of the molecule is Nc1ccc(CS(=O)(=O)NCc2cccc(Br)c2)cc1. The molecule has 0 aliphatic heterocycles. The normalized spacial score (nSPS) is 11.4. The van der Waals surface area contributed by atoms with E-state index in [1.54, 1.807) is 24.3 Å². The molecule has 2 rings (SSSR count). The summed E-state index contributed by atoms with van der Waals surface area (Å²) in [6.07, 6.45) is 0. The standard InChI is InChI=1S/C14H15BrN2O2S/c15-13-3-1-2-12(8-13)9-17-20(18,19)10-11-4-6-14(16)7-5-11/h1-8,17H,9-10,16H2. The molecule has 2 aromatic carbocycles. The van der Waals surface area contributed by atoms with Crippen molar-refractivity contribution in [3.8, 4) is 0 Å². The monoisotopic (exact) mass is 354 g/mol. The highest BCUT2D eigenvalue weighted by Crippen LogP contribution is 2.12. The van der Waals surface area contributed by atoms with Crippen LogP contribution in [0.3, 0.4) is 0 Å².